The van der Waals surface area contributed by atoms with Gasteiger partial charge in [-0.1, -0.05) is 59.7 Å². The summed E-state index contributed by atoms with van der Waals surface area (Å²) in [6, 6.07) is 23.7. The van der Waals surface area contributed by atoms with Crippen LogP contribution in [0.2, 0.25) is 0 Å². The van der Waals surface area contributed by atoms with Gasteiger partial charge in [-0.15, -0.1) is 0 Å². The third-order valence-electron chi connectivity index (χ3n) is 7.60. The van der Waals surface area contributed by atoms with Gasteiger partial charge in [0.25, 0.3) is 5.91 Å². The highest BCUT2D eigenvalue weighted by Gasteiger charge is 2.18. The van der Waals surface area contributed by atoms with Gasteiger partial charge in [-0.2, -0.15) is 0 Å². The number of carbonyl (C=O) groups excluding carboxylic acids is 1. The average Bonchev–Trinajstić information content (AvgIpc) is 3.04. The van der Waals surface area contributed by atoms with E-state index >= 15 is 0 Å². The van der Waals surface area contributed by atoms with Crippen molar-refractivity contribution in [1.82, 2.24) is 15.3 Å². The second kappa shape index (κ2) is 14.9. The molecule has 12 heteroatoms. The number of benzene rings is 4. The fraction of sp³-hybridized carbons (Fsp3) is 0.189. The molecule has 0 fully saturated rings. The SMILES string of the molecule is Cc1ccc(-c2cc(C(=O)N[C@H](C)c3cnc(C)nc3)cc(S(C)(=O)=O)c2)cc1.Cc1ccc(-c2cc(C(=O)O)cc(S(C)(=O)=O)c2)cc1. The third-order valence-corrected chi connectivity index (χ3v) is 9.78. The predicted molar refractivity (Wildman–Crippen MR) is 189 cm³/mol. The standard InChI is InChI=1S/C22H23N3O3S.C15H14O4S/c1-14-5-7-17(8-6-14)18-9-19(11-21(10-18)29(4,27)28)22(26)25-15(2)20-12-23-16(3)24-13-20;1-10-3-5-11(6-4-10)12-7-13(15(16)17)9-14(8-12)20(2,18)19/h5-13,15H,1-4H3,(H,25,26);3-9H,1-2H3,(H,16,17)/t15-;/m1./s1. The molecule has 1 aromatic heterocycles. The van der Waals surface area contributed by atoms with E-state index in [1.807, 2.05) is 69.3 Å². The van der Waals surface area contributed by atoms with Crippen LogP contribution in [-0.4, -0.2) is 56.3 Å². The number of rotatable bonds is 8. The van der Waals surface area contributed by atoms with Crippen molar-refractivity contribution in [3.05, 3.63) is 131 Å². The van der Waals surface area contributed by atoms with Crippen LogP contribution < -0.4 is 5.32 Å². The molecule has 1 amide bonds. The Morgan fingerprint density at radius 2 is 1.04 bits per heavy atom. The Bertz CT molecular complexity index is 2220. The normalized spacial score (nSPS) is 12.0. The highest BCUT2D eigenvalue weighted by atomic mass is 32.2. The van der Waals surface area contributed by atoms with Gasteiger partial charge in [0, 0.05) is 36.0 Å². The Kier molecular flexibility index (Phi) is 11.2. The van der Waals surface area contributed by atoms with Crippen molar-refractivity contribution in [1.29, 1.82) is 0 Å². The second-order valence-corrected chi connectivity index (χ2v) is 15.9. The maximum absolute atomic E-state index is 12.9. The molecule has 1 heterocycles. The van der Waals surface area contributed by atoms with Gasteiger partial charge in [0.2, 0.25) is 0 Å². The van der Waals surface area contributed by atoms with Crippen LogP contribution in [0.15, 0.2) is 107 Å². The zero-order valence-electron chi connectivity index (χ0n) is 27.9. The lowest BCUT2D eigenvalue weighted by Gasteiger charge is -2.15. The Labute approximate surface area is 286 Å². The first-order chi connectivity index (χ1) is 22.9. The maximum atomic E-state index is 12.9. The lowest BCUT2D eigenvalue weighted by atomic mass is 10.0. The highest BCUT2D eigenvalue weighted by Crippen LogP contribution is 2.27. The van der Waals surface area contributed by atoms with Crippen LogP contribution in [0.3, 0.4) is 0 Å². The maximum Gasteiger partial charge on any atom is 0.335 e. The third kappa shape index (κ3) is 9.91. The molecular weight excluding hydrogens is 663 g/mol. The first-order valence-electron chi connectivity index (χ1n) is 15.1. The lowest BCUT2D eigenvalue weighted by Crippen LogP contribution is -2.27. The van der Waals surface area contributed by atoms with Crippen molar-refractivity contribution in [2.75, 3.05) is 12.5 Å². The molecule has 254 valence electrons. The molecule has 4 aromatic carbocycles. The van der Waals surface area contributed by atoms with Crippen molar-refractivity contribution < 1.29 is 31.5 Å². The van der Waals surface area contributed by atoms with Crippen LogP contribution in [0.25, 0.3) is 22.3 Å². The van der Waals surface area contributed by atoms with E-state index in [-0.39, 0.29) is 32.9 Å². The van der Waals surface area contributed by atoms with E-state index in [0.717, 1.165) is 40.3 Å². The number of aromatic carboxylic acids is 1. The number of nitrogens with zero attached hydrogens (tertiary/aromatic N) is 2. The number of nitrogens with one attached hydrogen (secondary N) is 1. The lowest BCUT2D eigenvalue weighted by molar-refractivity contribution is 0.0696. The predicted octanol–water partition coefficient (Wildman–Crippen LogP) is 6.42. The summed E-state index contributed by atoms with van der Waals surface area (Å²) in [5, 5.41) is 12.0. The van der Waals surface area contributed by atoms with Crippen molar-refractivity contribution in [2.45, 2.75) is 43.5 Å². The van der Waals surface area contributed by atoms with Crippen molar-refractivity contribution in [3.8, 4) is 22.3 Å². The fourth-order valence-electron chi connectivity index (χ4n) is 4.70. The number of aromatic nitrogens is 2. The number of hydrogen-bond donors (Lipinski definition) is 2. The molecule has 0 radical (unpaired) electrons. The fourth-order valence-corrected chi connectivity index (χ4v) is 6.06. The van der Waals surface area contributed by atoms with E-state index in [1.165, 1.54) is 24.3 Å². The van der Waals surface area contributed by atoms with Gasteiger partial charge in [-0.25, -0.2) is 31.6 Å². The summed E-state index contributed by atoms with van der Waals surface area (Å²) in [6.45, 7) is 7.54. The summed E-state index contributed by atoms with van der Waals surface area (Å²) in [5.41, 5.74) is 6.05. The Morgan fingerprint density at radius 1 is 0.633 bits per heavy atom. The number of carbonyl (C=O) groups is 2. The van der Waals surface area contributed by atoms with Gasteiger partial charge < -0.3 is 10.4 Å². The van der Waals surface area contributed by atoms with E-state index in [1.54, 1.807) is 31.5 Å². The summed E-state index contributed by atoms with van der Waals surface area (Å²) in [5.74, 6) is -0.864. The van der Waals surface area contributed by atoms with Gasteiger partial charge in [0.1, 0.15) is 5.82 Å². The van der Waals surface area contributed by atoms with E-state index in [4.69, 9.17) is 5.11 Å². The minimum Gasteiger partial charge on any atom is -0.478 e. The van der Waals surface area contributed by atoms with Crippen LogP contribution in [-0.2, 0) is 19.7 Å². The van der Waals surface area contributed by atoms with Crippen LogP contribution in [0.5, 0.6) is 0 Å². The highest BCUT2D eigenvalue weighted by molar-refractivity contribution is 7.91. The van der Waals surface area contributed by atoms with E-state index in [2.05, 4.69) is 15.3 Å². The molecule has 1 atom stereocenters. The molecule has 0 bridgehead atoms. The molecule has 0 saturated heterocycles. The zero-order chi connectivity index (χ0) is 36.1. The number of hydrogen-bond acceptors (Lipinski definition) is 8. The molecule has 0 aliphatic heterocycles. The molecule has 49 heavy (non-hydrogen) atoms. The van der Waals surface area contributed by atoms with E-state index in [0.29, 0.717) is 17.0 Å². The largest absolute Gasteiger partial charge is 0.478 e. The number of sulfone groups is 2. The summed E-state index contributed by atoms with van der Waals surface area (Å²) in [6.07, 6.45) is 5.53. The monoisotopic (exact) mass is 699 g/mol. The number of carboxylic acids is 1. The molecular formula is C37H37N3O7S2. The molecule has 0 saturated carbocycles. The van der Waals surface area contributed by atoms with Crippen molar-refractivity contribution in [2.24, 2.45) is 0 Å². The van der Waals surface area contributed by atoms with Gasteiger partial charge in [0.05, 0.1) is 21.4 Å². The number of carboxylic acid groups (broad SMARTS) is 1. The summed E-state index contributed by atoms with van der Waals surface area (Å²) < 4.78 is 47.7. The minimum atomic E-state index is -3.48. The molecule has 5 aromatic rings. The molecule has 5 rings (SSSR count). The first kappa shape index (κ1) is 36.6. The van der Waals surface area contributed by atoms with Crippen molar-refractivity contribution >= 4 is 31.6 Å². The molecule has 10 nitrogen and oxygen atoms in total. The molecule has 0 unspecified atom stereocenters. The zero-order valence-corrected chi connectivity index (χ0v) is 29.6. The number of amides is 1. The summed E-state index contributed by atoms with van der Waals surface area (Å²) in [7, 11) is -6.94. The first-order valence-corrected chi connectivity index (χ1v) is 18.9. The van der Waals surface area contributed by atoms with Crippen molar-refractivity contribution in [3.63, 3.8) is 0 Å². The van der Waals surface area contributed by atoms with Gasteiger partial charge >= 0.3 is 5.97 Å². The minimum absolute atomic E-state index is 0.00738. The molecule has 0 aliphatic carbocycles. The second-order valence-electron chi connectivity index (χ2n) is 11.8. The average molecular weight is 700 g/mol. The van der Waals surface area contributed by atoms with Crippen LogP contribution in [0, 0.1) is 20.8 Å². The van der Waals surface area contributed by atoms with E-state index in [9.17, 15) is 26.4 Å². The Morgan fingerprint density at radius 3 is 1.45 bits per heavy atom. The van der Waals surface area contributed by atoms with Gasteiger partial charge in [0.15, 0.2) is 19.7 Å². The van der Waals surface area contributed by atoms with Crippen LogP contribution >= 0.6 is 0 Å². The topological polar surface area (TPSA) is 160 Å². The summed E-state index contributed by atoms with van der Waals surface area (Å²) in [4.78, 5) is 32.4. The summed E-state index contributed by atoms with van der Waals surface area (Å²) >= 11 is 0. The van der Waals surface area contributed by atoms with Gasteiger partial charge in [-0.3, -0.25) is 4.79 Å². The molecule has 0 aliphatic rings. The number of aryl methyl sites for hydroxylation is 3. The molecule has 2 N–H and O–H groups in total. The molecule has 0 spiro atoms. The quantitative estimate of drug-likeness (QED) is 0.186. The van der Waals surface area contributed by atoms with Gasteiger partial charge in [-0.05, 0) is 86.3 Å². The van der Waals surface area contributed by atoms with Crippen LogP contribution in [0.1, 0.15) is 56.2 Å². The Hall–Kier alpha value is -5.20. The Balaban J connectivity index is 0.000000237. The smallest absolute Gasteiger partial charge is 0.335 e. The van der Waals surface area contributed by atoms with E-state index < -0.39 is 25.6 Å². The van der Waals surface area contributed by atoms with Crippen LogP contribution in [0.4, 0.5) is 0 Å².